The maximum absolute atomic E-state index is 12.5. The van der Waals surface area contributed by atoms with Crippen LogP contribution >= 0.6 is 15.9 Å². The first kappa shape index (κ1) is 17.7. The van der Waals surface area contributed by atoms with Gasteiger partial charge >= 0.3 is 0 Å². The molecule has 3 heterocycles. The molecule has 0 bridgehead atoms. The second-order valence-corrected chi connectivity index (χ2v) is 7.27. The van der Waals surface area contributed by atoms with Crippen LogP contribution in [0.25, 0.3) is 5.78 Å². The van der Waals surface area contributed by atoms with Crippen molar-refractivity contribution in [3.63, 3.8) is 0 Å². The van der Waals surface area contributed by atoms with E-state index in [2.05, 4.69) is 53.2 Å². The summed E-state index contributed by atoms with van der Waals surface area (Å²) >= 11 is 3.59. The molecule has 27 heavy (non-hydrogen) atoms. The number of benzene rings is 1. The zero-order chi connectivity index (χ0) is 19.0. The van der Waals surface area contributed by atoms with Crippen LogP contribution in [0, 0.1) is 0 Å². The van der Waals surface area contributed by atoms with E-state index in [-0.39, 0.29) is 11.5 Å². The third kappa shape index (κ3) is 3.58. The van der Waals surface area contributed by atoms with Crippen molar-refractivity contribution < 1.29 is 4.79 Å². The van der Waals surface area contributed by atoms with E-state index in [0.29, 0.717) is 5.69 Å². The fourth-order valence-corrected chi connectivity index (χ4v) is 3.65. The second-order valence-electron chi connectivity index (χ2n) is 6.41. The highest BCUT2D eigenvalue weighted by atomic mass is 79.9. The molecular weight excluding hydrogens is 414 g/mol. The van der Waals surface area contributed by atoms with Crippen LogP contribution in [0.4, 0.5) is 11.4 Å². The molecule has 140 valence electrons. The Morgan fingerprint density at radius 3 is 2.74 bits per heavy atom. The quantitative estimate of drug-likeness (QED) is 0.645. The average molecular weight is 432 g/mol. The summed E-state index contributed by atoms with van der Waals surface area (Å²) in [5.74, 6) is -0.309. The monoisotopic (exact) mass is 431 g/mol. The molecule has 1 aliphatic heterocycles. The fourth-order valence-electron chi connectivity index (χ4n) is 3.02. The number of rotatable bonds is 3. The van der Waals surface area contributed by atoms with Gasteiger partial charge in [-0.1, -0.05) is 0 Å². The molecule has 0 saturated carbocycles. The average Bonchev–Trinajstić information content (AvgIpc) is 3.12. The number of fused-ring (bicyclic) bond motifs is 1. The van der Waals surface area contributed by atoms with E-state index in [1.54, 1.807) is 0 Å². The van der Waals surface area contributed by atoms with Crippen molar-refractivity contribution in [1.82, 2.24) is 24.5 Å². The van der Waals surface area contributed by atoms with E-state index in [1.165, 1.54) is 12.4 Å². The first-order chi connectivity index (χ1) is 13.0. The number of aromatic amines is 1. The van der Waals surface area contributed by atoms with Crippen molar-refractivity contribution in [3.05, 3.63) is 51.1 Å². The van der Waals surface area contributed by atoms with Gasteiger partial charge in [0.05, 0.1) is 5.69 Å². The zero-order valence-corrected chi connectivity index (χ0v) is 16.2. The summed E-state index contributed by atoms with van der Waals surface area (Å²) in [6.07, 6.45) is 1.35. The first-order valence-corrected chi connectivity index (χ1v) is 9.28. The standard InChI is InChI=1S/C17H18BrN7O2/c1-23-4-6-24(7-5-23)14-3-2-11(8-12(14)18)21-16(27)13-9-15(26)25-17(22-13)19-10-20-25/h2-3,8-10H,4-7H2,1H3,(H,21,27)(H,19,20,22). The maximum Gasteiger partial charge on any atom is 0.274 e. The Morgan fingerprint density at radius 1 is 1.22 bits per heavy atom. The van der Waals surface area contributed by atoms with E-state index < -0.39 is 11.5 Å². The molecule has 2 aromatic heterocycles. The van der Waals surface area contributed by atoms with Crippen LogP contribution in [-0.2, 0) is 0 Å². The predicted molar refractivity (Wildman–Crippen MR) is 105 cm³/mol. The molecule has 1 saturated heterocycles. The van der Waals surface area contributed by atoms with Gasteiger partial charge in [0.15, 0.2) is 0 Å². The molecule has 1 fully saturated rings. The molecule has 1 aliphatic rings. The van der Waals surface area contributed by atoms with Gasteiger partial charge in [0.25, 0.3) is 17.2 Å². The molecule has 4 rings (SSSR count). The molecule has 9 nitrogen and oxygen atoms in total. The van der Waals surface area contributed by atoms with Gasteiger partial charge in [-0.15, -0.1) is 0 Å². The lowest BCUT2D eigenvalue weighted by Gasteiger charge is -2.34. The van der Waals surface area contributed by atoms with Gasteiger partial charge in [0.1, 0.15) is 12.0 Å². The van der Waals surface area contributed by atoms with Crippen LogP contribution < -0.4 is 15.8 Å². The van der Waals surface area contributed by atoms with Crippen LogP contribution in [0.1, 0.15) is 10.5 Å². The Labute approximate surface area is 163 Å². The predicted octanol–water partition coefficient (Wildman–Crippen LogP) is 1.18. The van der Waals surface area contributed by atoms with Crippen LogP contribution in [0.15, 0.2) is 39.9 Å². The highest BCUT2D eigenvalue weighted by Crippen LogP contribution is 2.30. The number of piperazine rings is 1. The molecule has 0 unspecified atom stereocenters. The van der Waals surface area contributed by atoms with Gasteiger partial charge in [0, 0.05) is 42.4 Å². The van der Waals surface area contributed by atoms with E-state index in [9.17, 15) is 9.59 Å². The summed E-state index contributed by atoms with van der Waals surface area (Å²) in [5, 5.41) is 5.41. The summed E-state index contributed by atoms with van der Waals surface area (Å²) in [7, 11) is 2.12. The van der Waals surface area contributed by atoms with Crippen molar-refractivity contribution in [2.75, 3.05) is 43.4 Å². The van der Waals surface area contributed by atoms with Crippen LogP contribution in [0.3, 0.4) is 0 Å². The second kappa shape index (κ2) is 7.12. The van der Waals surface area contributed by atoms with Gasteiger partial charge in [-0.05, 0) is 41.2 Å². The molecule has 10 heteroatoms. The maximum atomic E-state index is 12.5. The van der Waals surface area contributed by atoms with E-state index >= 15 is 0 Å². The number of aromatic nitrogens is 4. The number of amides is 1. The molecule has 2 N–H and O–H groups in total. The SMILES string of the molecule is CN1CCN(c2ccc(NC(=O)c3cc(=O)n4[nH]cnc4n3)cc2Br)CC1. The Bertz CT molecular complexity index is 1050. The van der Waals surface area contributed by atoms with Gasteiger partial charge in [-0.3, -0.25) is 14.7 Å². The van der Waals surface area contributed by atoms with Crippen molar-refractivity contribution in [1.29, 1.82) is 0 Å². The number of likely N-dealkylation sites (N-methyl/N-ethyl adjacent to an activating group) is 1. The van der Waals surface area contributed by atoms with Gasteiger partial charge in [-0.2, -0.15) is 4.52 Å². The van der Waals surface area contributed by atoms with Crippen LogP contribution in [-0.4, -0.2) is 63.6 Å². The van der Waals surface area contributed by atoms with Gasteiger partial charge in [0.2, 0.25) is 0 Å². The van der Waals surface area contributed by atoms with Crippen molar-refractivity contribution in [2.45, 2.75) is 0 Å². The Kier molecular flexibility index (Phi) is 4.66. The molecule has 1 aromatic carbocycles. The van der Waals surface area contributed by atoms with E-state index in [0.717, 1.165) is 40.9 Å². The summed E-state index contributed by atoms with van der Waals surface area (Å²) in [5.41, 5.74) is 1.34. The number of anilines is 2. The summed E-state index contributed by atoms with van der Waals surface area (Å²) in [6, 6.07) is 6.85. The summed E-state index contributed by atoms with van der Waals surface area (Å²) in [6.45, 7) is 3.94. The molecule has 0 spiro atoms. The number of halogens is 1. The number of H-pyrrole nitrogens is 1. The molecule has 3 aromatic rings. The minimum atomic E-state index is -0.461. The summed E-state index contributed by atoms with van der Waals surface area (Å²) in [4.78, 5) is 37.1. The minimum absolute atomic E-state index is 0.0198. The van der Waals surface area contributed by atoms with Gasteiger partial charge in [-0.25, -0.2) is 9.97 Å². The lowest BCUT2D eigenvalue weighted by atomic mass is 10.2. The lowest BCUT2D eigenvalue weighted by Crippen LogP contribution is -2.44. The van der Waals surface area contributed by atoms with E-state index in [4.69, 9.17) is 0 Å². The molecule has 0 aliphatic carbocycles. The number of hydrogen-bond donors (Lipinski definition) is 2. The minimum Gasteiger partial charge on any atom is -0.368 e. The zero-order valence-electron chi connectivity index (χ0n) is 14.6. The normalized spacial score (nSPS) is 15.3. The number of carbonyl (C=O) groups is 1. The lowest BCUT2D eigenvalue weighted by molar-refractivity contribution is 0.102. The molecule has 0 atom stereocenters. The third-order valence-corrected chi connectivity index (χ3v) is 5.19. The Morgan fingerprint density at radius 2 is 2.00 bits per heavy atom. The number of nitrogens with zero attached hydrogens (tertiary/aromatic N) is 5. The summed E-state index contributed by atoms with van der Waals surface area (Å²) < 4.78 is 2.07. The van der Waals surface area contributed by atoms with Gasteiger partial charge < -0.3 is 15.1 Å². The Balaban J connectivity index is 1.52. The molecular formula is C17H18BrN7O2. The topological polar surface area (TPSA) is 98.6 Å². The number of carbonyl (C=O) groups excluding carboxylic acids is 1. The fraction of sp³-hybridized carbons (Fsp3) is 0.294. The Hall–Kier alpha value is -2.72. The molecule has 0 radical (unpaired) electrons. The number of nitrogens with one attached hydrogen (secondary N) is 2. The highest BCUT2D eigenvalue weighted by Gasteiger charge is 2.17. The van der Waals surface area contributed by atoms with Crippen molar-refractivity contribution in [3.8, 4) is 0 Å². The number of hydrogen-bond acceptors (Lipinski definition) is 6. The highest BCUT2D eigenvalue weighted by molar-refractivity contribution is 9.10. The van der Waals surface area contributed by atoms with E-state index in [1.807, 2.05) is 18.2 Å². The van der Waals surface area contributed by atoms with Crippen molar-refractivity contribution >= 4 is 39.0 Å². The van der Waals surface area contributed by atoms with Crippen LogP contribution in [0.2, 0.25) is 0 Å². The largest absolute Gasteiger partial charge is 0.368 e. The van der Waals surface area contributed by atoms with Crippen LogP contribution in [0.5, 0.6) is 0 Å². The van der Waals surface area contributed by atoms with Crippen molar-refractivity contribution in [2.24, 2.45) is 0 Å². The smallest absolute Gasteiger partial charge is 0.274 e. The molecule has 1 amide bonds. The third-order valence-electron chi connectivity index (χ3n) is 4.55. The first-order valence-electron chi connectivity index (χ1n) is 8.49.